The summed E-state index contributed by atoms with van der Waals surface area (Å²) in [6.07, 6.45) is 1.46. The molecular formula is C22H22BrNO5. The Hall–Kier alpha value is -2.98. The molecule has 152 valence electrons. The fourth-order valence-electron chi connectivity index (χ4n) is 2.36. The lowest BCUT2D eigenvalue weighted by molar-refractivity contribution is -0.137. The lowest BCUT2D eigenvalue weighted by Crippen LogP contribution is -2.10. The zero-order valence-corrected chi connectivity index (χ0v) is 17.9. The minimum absolute atomic E-state index is 0.0779. The molecule has 0 spiro atoms. The van der Waals surface area contributed by atoms with Crippen LogP contribution in [0.3, 0.4) is 0 Å². The summed E-state index contributed by atoms with van der Waals surface area (Å²) in [5.41, 5.74) is 0.558. The highest BCUT2D eigenvalue weighted by atomic mass is 79.9. The molecule has 0 heterocycles. The highest BCUT2D eigenvalue weighted by Gasteiger charge is 2.11. The van der Waals surface area contributed by atoms with E-state index in [1.807, 2.05) is 37.3 Å². The number of nitrogens with zero attached hydrogens (tertiary/aromatic N) is 1. The monoisotopic (exact) mass is 459 g/mol. The summed E-state index contributed by atoms with van der Waals surface area (Å²) in [6, 6.07) is 14.6. The highest BCUT2D eigenvalue weighted by Crippen LogP contribution is 2.29. The van der Waals surface area contributed by atoms with Gasteiger partial charge in [-0.1, -0.05) is 22.0 Å². The molecule has 7 heteroatoms. The van der Waals surface area contributed by atoms with Crippen molar-refractivity contribution in [1.82, 2.24) is 0 Å². The van der Waals surface area contributed by atoms with E-state index in [0.29, 0.717) is 36.9 Å². The maximum Gasteiger partial charge on any atom is 0.348 e. The van der Waals surface area contributed by atoms with E-state index in [1.54, 1.807) is 25.1 Å². The Balaban J connectivity index is 2.03. The molecule has 0 bridgehead atoms. The zero-order valence-electron chi connectivity index (χ0n) is 16.3. The third kappa shape index (κ3) is 7.16. The van der Waals surface area contributed by atoms with Crippen LogP contribution in [0.4, 0.5) is 0 Å². The van der Waals surface area contributed by atoms with Crippen LogP contribution in [0.25, 0.3) is 6.08 Å². The van der Waals surface area contributed by atoms with Crippen molar-refractivity contribution < 1.29 is 23.7 Å². The van der Waals surface area contributed by atoms with Crippen LogP contribution in [0.5, 0.6) is 17.2 Å². The van der Waals surface area contributed by atoms with Gasteiger partial charge in [-0.15, -0.1) is 0 Å². The normalized spacial score (nSPS) is 10.8. The molecule has 0 saturated heterocycles. The average Bonchev–Trinajstić information content (AvgIpc) is 2.72. The van der Waals surface area contributed by atoms with Crippen LogP contribution < -0.4 is 14.2 Å². The molecule has 0 radical (unpaired) electrons. The number of hydrogen-bond acceptors (Lipinski definition) is 6. The number of carbonyl (C=O) groups is 1. The first-order chi connectivity index (χ1) is 14.1. The molecule has 0 N–H and O–H groups in total. The van der Waals surface area contributed by atoms with Crippen molar-refractivity contribution in [2.24, 2.45) is 0 Å². The van der Waals surface area contributed by atoms with Crippen LogP contribution in [0.15, 0.2) is 52.5 Å². The Morgan fingerprint density at radius 3 is 2.38 bits per heavy atom. The Labute approximate surface area is 178 Å². The van der Waals surface area contributed by atoms with E-state index < -0.39 is 5.97 Å². The van der Waals surface area contributed by atoms with Gasteiger partial charge in [0.1, 0.15) is 30.6 Å². The quantitative estimate of drug-likeness (QED) is 0.220. The van der Waals surface area contributed by atoms with Crippen LogP contribution >= 0.6 is 15.9 Å². The molecule has 2 aromatic rings. The lowest BCUT2D eigenvalue weighted by atomic mass is 10.1. The molecule has 0 aliphatic rings. The second-order valence-electron chi connectivity index (χ2n) is 5.68. The minimum atomic E-state index is -0.654. The van der Waals surface area contributed by atoms with Gasteiger partial charge in [0.2, 0.25) is 0 Å². The van der Waals surface area contributed by atoms with Gasteiger partial charge < -0.3 is 18.9 Å². The number of ether oxygens (including phenoxy) is 4. The average molecular weight is 460 g/mol. The molecule has 0 saturated carbocycles. The number of halogens is 1. The van der Waals surface area contributed by atoms with E-state index in [2.05, 4.69) is 15.9 Å². The summed E-state index contributed by atoms with van der Waals surface area (Å²) in [5, 5.41) is 9.17. The summed E-state index contributed by atoms with van der Waals surface area (Å²) in [7, 11) is 0. The van der Waals surface area contributed by atoms with Crippen molar-refractivity contribution in [3.8, 4) is 23.3 Å². The highest BCUT2D eigenvalue weighted by molar-refractivity contribution is 9.10. The van der Waals surface area contributed by atoms with Crippen molar-refractivity contribution in [3.05, 3.63) is 58.1 Å². The van der Waals surface area contributed by atoms with Gasteiger partial charge in [0.05, 0.1) is 13.2 Å². The summed E-state index contributed by atoms with van der Waals surface area (Å²) in [4.78, 5) is 11.8. The van der Waals surface area contributed by atoms with Crippen molar-refractivity contribution in [2.45, 2.75) is 13.8 Å². The predicted molar refractivity (Wildman–Crippen MR) is 113 cm³/mol. The Kier molecular flexibility index (Phi) is 9.06. The van der Waals surface area contributed by atoms with Gasteiger partial charge in [0.15, 0.2) is 11.5 Å². The van der Waals surface area contributed by atoms with Gasteiger partial charge in [0, 0.05) is 4.47 Å². The molecule has 0 aliphatic heterocycles. The van der Waals surface area contributed by atoms with Crippen LogP contribution in [-0.4, -0.2) is 32.4 Å². The van der Waals surface area contributed by atoms with Gasteiger partial charge in [-0.05, 0) is 61.9 Å². The van der Waals surface area contributed by atoms with E-state index in [1.165, 1.54) is 6.08 Å². The molecule has 0 aromatic heterocycles. The largest absolute Gasteiger partial charge is 0.490 e. The predicted octanol–water partition coefficient (Wildman–Crippen LogP) is 4.78. The van der Waals surface area contributed by atoms with Gasteiger partial charge in [-0.2, -0.15) is 5.26 Å². The Morgan fingerprint density at radius 1 is 1.00 bits per heavy atom. The number of carbonyl (C=O) groups excluding carboxylic acids is 1. The van der Waals surface area contributed by atoms with Crippen molar-refractivity contribution in [2.75, 3.05) is 26.4 Å². The standard InChI is InChI=1S/C22H22BrNO5/c1-3-26-21-14-16(13-17(15-24)22(25)27-4-2)5-10-20(21)29-12-11-28-19-8-6-18(23)7-9-19/h5-10,13-14H,3-4,11-12H2,1-2H3/b17-13+. The van der Waals surface area contributed by atoms with Gasteiger partial charge in [0.25, 0.3) is 0 Å². The maximum atomic E-state index is 11.8. The molecular weight excluding hydrogens is 438 g/mol. The Bertz CT molecular complexity index is 887. The van der Waals surface area contributed by atoms with E-state index in [0.717, 1.165) is 10.2 Å². The third-order valence-electron chi connectivity index (χ3n) is 3.62. The zero-order chi connectivity index (χ0) is 21.1. The maximum absolute atomic E-state index is 11.8. The SMILES string of the molecule is CCOC(=O)/C(C#N)=C/c1ccc(OCCOc2ccc(Br)cc2)c(OCC)c1. The summed E-state index contributed by atoms with van der Waals surface area (Å²) >= 11 is 3.38. The number of rotatable bonds is 10. The van der Waals surface area contributed by atoms with Gasteiger partial charge in [-0.25, -0.2) is 4.79 Å². The second-order valence-corrected chi connectivity index (χ2v) is 6.60. The number of esters is 1. The molecule has 0 fully saturated rings. The summed E-state index contributed by atoms with van der Waals surface area (Å²) < 4.78 is 22.9. The first-order valence-corrected chi connectivity index (χ1v) is 9.93. The number of benzene rings is 2. The first-order valence-electron chi connectivity index (χ1n) is 9.14. The summed E-state index contributed by atoms with van der Waals surface area (Å²) in [5.74, 6) is 1.17. The van der Waals surface area contributed by atoms with Crippen LogP contribution in [0.2, 0.25) is 0 Å². The van der Waals surface area contributed by atoms with E-state index in [-0.39, 0.29) is 12.2 Å². The van der Waals surface area contributed by atoms with Gasteiger partial charge >= 0.3 is 5.97 Å². The number of hydrogen-bond donors (Lipinski definition) is 0. The van der Waals surface area contributed by atoms with Crippen molar-refractivity contribution >= 4 is 28.0 Å². The minimum Gasteiger partial charge on any atom is -0.490 e. The van der Waals surface area contributed by atoms with Crippen molar-refractivity contribution in [1.29, 1.82) is 5.26 Å². The molecule has 6 nitrogen and oxygen atoms in total. The van der Waals surface area contributed by atoms with Crippen LogP contribution in [0, 0.1) is 11.3 Å². The molecule has 2 aromatic carbocycles. The smallest absolute Gasteiger partial charge is 0.348 e. The molecule has 29 heavy (non-hydrogen) atoms. The lowest BCUT2D eigenvalue weighted by Gasteiger charge is -2.13. The first kappa shape index (κ1) is 22.3. The van der Waals surface area contributed by atoms with E-state index in [4.69, 9.17) is 18.9 Å². The fourth-order valence-corrected chi connectivity index (χ4v) is 2.62. The van der Waals surface area contributed by atoms with Crippen LogP contribution in [-0.2, 0) is 9.53 Å². The second kappa shape index (κ2) is 11.8. The van der Waals surface area contributed by atoms with Gasteiger partial charge in [-0.3, -0.25) is 0 Å². The molecule has 0 amide bonds. The van der Waals surface area contributed by atoms with Crippen LogP contribution in [0.1, 0.15) is 19.4 Å². The molecule has 0 aliphatic carbocycles. The third-order valence-corrected chi connectivity index (χ3v) is 4.15. The topological polar surface area (TPSA) is 77.8 Å². The molecule has 0 unspecified atom stereocenters. The molecule has 2 rings (SSSR count). The summed E-state index contributed by atoms with van der Waals surface area (Å²) in [6.45, 7) is 4.90. The number of nitriles is 1. The van der Waals surface area contributed by atoms with E-state index >= 15 is 0 Å². The van der Waals surface area contributed by atoms with E-state index in [9.17, 15) is 10.1 Å². The fraction of sp³-hybridized carbons (Fsp3) is 0.273. The Morgan fingerprint density at radius 2 is 1.72 bits per heavy atom. The van der Waals surface area contributed by atoms with Crippen molar-refractivity contribution in [3.63, 3.8) is 0 Å². The molecule has 0 atom stereocenters.